The topological polar surface area (TPSA) is 107 Å². The molecule has 0 bridgehead atoms. The van der Waals surface area contributed by atoms with Crippen molar-refractivity contribution >= 4 is 29.2 Å². The Hall–Kier alpha value is -3.64. The Kier molecular flexibility index (Phi) is 8.47. The van der Waals surface area contributed by atoms with Crippen molar-refractivity contribution in [2.75, 3.05) is 29.6 Å². The average molecular weight is 504 g/mol. The van der Waals surface area contributed by atoms with Crippen LogP contribution in [0.15, 0.2) is 24.3 Å². The number of carbonyl (C=O) groups excluding carboxylic acids is 2. The third-order valence-corrected chi connectivity index (χ3v) is 4.47. The van der Waals surface area contributed by atoms with Crippen LogP contribution in [0.3, 0.4) is 0 Å². The first kappa shape index (κ1) is 27.6. The van der Waals surface area contributed by atoms with Gasteiger partial charge in [-0.3, -0.25) is 9.69 Å². The van der Waals surface area contributed by atoms with Crippen molar-refractivity contribution < 1.29 is 41.0 Å². The monoisotopic (exact) mass is 504 g/mol. The predicted octanol–water partition coefficient (Wildman–Crippen LogP) is 4.83. The van der Waals surface area contributed by atoms with E-state index in [4.69, 9.17) is 15.2 Å². The largest absolute Gasteiger partial charge is 0.481 e. The van der Waals surface area contributed by atoms with Gasteiger partial charge in [0.1, 0.15) is 5.60 Å². The van der Waals surface area contributed by atoms with Crippen molar-refractivity contribution in [3.8, 4) is 5.88 Å². The van der Waals surface area contributed by atoms with Crippen LogP contribution in [0.2, 0.25) is 0 Å². The van der Waals surface area contributed by atoms with Gasteiger partial charge in [0.05, 0.1) is 12.8 Å². The van der Waals surface area contributed by atoms with E-state index >= 15 is 0 Å². The molecule has 2 amide bonds. The molecule has 2 aromatic rings. The number of nitrogen functional groups attached to an aromatic ring is 1. The summed E-state index contributed by atoms with van der Waals surface area (Å²) in [6, 6.07) is 4.32. The summed E-state index contributed by atoms with van der Waals surface area (Å²) >= 11 is 0. The normalized spacial score (nSPS) is 11.7. The van der Waals surface area contributed by atoms with E-state index in [1.807, 2.05) is 0 Å². The number of methoxy groups -OCH3 is 1. The Bertz CT molecular complexity index is 1090. The highest BCUT2D eigenvalue weighted by atomic mass is 19.4. The molecule has 192 valence electrons. The van der Waals surface area contributed by atoms with E-state index in [-0.39, 0.29) is 36.8 Å². The molecule has 0 aliphatic heterocycles. The predicted molar refractivity (Wildman–Crippen MR) is 118 cm³/mol. The molecule has 13 heteroatoms. The summed E-state index contributed by atoms with van der Waals surface area (Å²) in [5, 5.41) is 1.54. The van der Waals surface area contributed by atoms with Gasteiger partial charge in [0.25, 0.3) is 0 Å². The van der Waals surface area contributed by atoms with E-state index in [9.17, 15) is 31.5 Å². The highest BCUT2D eigenvalue weighted by molar-refractivity contribution is 5.95. The summed E-state index contributed by atoms with van der Waals surface area (Å²) < 4.78 is 76.6. The summed E-state index contributed by atoms with van der Waals surface area (Å²) in [5.41, 5.74) is 4.11. The van der Waals surface area contributed by atoms with Gasteiger partial charge >= 0.3 is 18.2 Å². The number of rotatable bonds is 7. The average Bonchev–Trinajstić information content (AvgIpc) is 2.74. The van der Waals surface area contributed by atoms with Crippen molar-refractivity contribution in [1.29, 1.82) is 0 Å². The Morgan fingerprint density at radius 3 is 2.34 bits per heavy atom. The number of benzene rings is 1. The lowest BCUT2D eigenvalue weighted by atomic mass is 10.1. The van der Waals surface area contributed by atoms with Crippen molar-refractivity contribution in [2.24, 2.45) is 0 Å². The number of hydrogen-bond donors (Lipinski definition) is 2. The summed E-state index contributed by atoms with van der Waals surface area (Å²) in [5.74, 6) is -4.96. The molecule has 0 atom stereocenters. The third kappa shape index (κ3) is 7.42. The van der Waals surface area contributed by atoms with Gasteiger partial charge in [0.15, 0.2) is 17.5 Å². The third-order valence-electron chi connectivity index (χ3n) is 4.47. The van der Waals surface area contributed by atoms with Crippen LogP contribution in [-0.4, -0.2) is 42.4 Å². The zero-order chi connectivity index (χ0) is 26.6. The van der Waals surface area contributed by atoms with Crippen LogP contribution in [0, 0.1) is 11.6 Å². The molecule has 0 unspecified atom stereocenters. The molecule has 1 aromatic heterocycles. The number of anilines is 3. The standard InChI is InChI=1S/C22H25F5N4O4/c1-21(2,3)35-20(33)31(18-14(28)8-10-16(30-18)34-4)11-5-6-12-15(9-7-13(23)17(12)24)29-19(32)22(25,26)27/h7-10H,5-6,11,28H2,1-4H3,(H,29,32). The number of halogens is 5. The number of carbonyl (C=O) groups is 2. The fourth-order valence-electron chi connectivity index (χ4n) is 2.93. The maximum atomic E-state index is 14.4. The molecule has 8 nitrogen and oxygen atoms in total. The van der Waals surface area contributed by atoms with Crippen molar-refractivity contribution in [3.05, 3.63) is 41.5 Å². The molecule has 0 saturated carbocycles. The van der Waals surface area contributed by atoms with E-state index in [1.165, 1.54) is 19.2 Å². The maximum absolute atomic E-state index is 14.4. The summed E-state index contributed by atoms with van der Waals surface area (Å²) in [4.78, 5) is 29.4. The minimum atomic E-state index is -5.23. The molecule has 0 saturated heterocycles. The smallest absolute Gasteiger partial charge is 0.471 e. The molecule has 2 rings (SSSR count). The first-order valence-corrected chi connectivity index (χ1v) is 10.3. The lowest BCUT2D eigenvalue weighted by Gasteiger charge is -2.27. The molecule has 0 aliphatic rings. The fraction of sp³-hybridized carbons (Fsp3) is 0.409. The summed E-state index contributed by atoms with van der Waals surface area (Å²) in [7, 11) is 1.35. The number of pyridine rings is 1. The number of hydrogen-bond acceptors (Lipinski definition) is 6. The van der Waals surface area contributed by atoms with E-state index in [0.29, 0.717) is 6.07 Å². The minimum Gasteiger partial charge on any atom is -0.481 e. The second kappa shape index (κ2) is 10.7. The molecule has 1 aromatic carbocycles. The lowest BCUT2D eigenvalue weighted by Crippen LogP contribution is -2.38. The highest BCUT2D eigenvalue weighted by Crippen LogP contribution is 2.28. The lowest BCUT2D eigenvalue weighted by molar-refractivity contribution is -0.167. The van der Waals surface area contributed by atoms with Crippen molar-refractivity contribution in [2.45, 2.75) is 45.4 Å². The van der Waals surface area contributed by atoms with Gasteiger partial charge in [0.2, 0.25) is 5.88 Å². The van der Waals surface area contributed by atoms with Crippen LogP contribution < -0.4 is 20.7 Å². The Morgan fingerprint density at radius 1 is 1.11 bits per heavy atom. The molecule has 0 fully saturated rings. The van der Waals surface area contributed by atoms with E-state index < -0.39 is 46.7 Å². The number of aromatic nitrogens is 1. The van der Waals surface area contributed by atoms with Gasteiger partial charge in [-0.2, -0.15) is 18.2 Å². The SMILES string of the molecule is COc1ccc(N)c(N(CCCc2c(NC(=O)C(F)(F)F)ccc(F)c2F)C(=O)OC(C)(C)C)n1. The first-order valence-electron chi connectivity index (χ1n) is 10.3. The molecular weight excluding hydrogens is 479 g/mol. The van der Waals surface area contributed by atoms with Crippen LogP contribution in [0.1, 0.15) is 32.8 Å². The Morgan fingerprint density at radius 2 is 1.77 bits per heavy atom. The van der Waals surface area contributed by atoms with Crippen LogP contribution in [-0.2, 0) is 16.0 Å². The number of ether oxygens (including phenoxy) is 2. The molecule has 35 heavy (non-hydrogen) atoms. The number of nitrogens with one attached hydrogen (secondary N) is 1. The minimum absolute atomic E-state index is 0.0242. The van der Waals surface area contributed by atoms with Gasteiger partial charge in [-0.25, -0.2) is 13.6 Å². The summed E-state index contributed by atoms with van der Waals surface area (Å²) in [6.45, 7) is 4.69. The summed E-state index contributed by atoms with van der Waals surface area (Å²) in [6.07, 6.45) is -6.52. The Balaban J connectivity index is 2.33. The van der Waals surface area contributed by atoms with Crippen molar-refractivity contribution in [1.82, 2.24) is 4.98 Å². The van der Waals surface area contributed by atoms with Crippen molar-refractivity contribution in [3.63, 3.8) is 0 Å². The number of amides is 2. The van der Waals surface area contributed by atoms with E-state index in [2.05, 4.69) is 4.98 Å². The number of alkyl halides is 3. The fourth-order valence-corrected chi connectivity index (χ4v) is 2.93. The van der Waals surface area contributed by atoms with Crippen LogP contribution in [0.25, 0.3) is 0 Å². The number of nitrogens with zero attached hydrogens (tertiary/aromatic N) is 2. The van der Waals surface area contributed by atoms with Gasteiger partial charge in [0, 0.05) is 23.9 Å². The number of nitrogens with two attached hydrogens (primary N) is 1. The highest BCUT2D eigenvalue weighted by Gasteiger charge is 2.39. The molecule has 3 N–H and O–H groups in total. The molecular formula is C22H25F5N4O4. The molecule has 0 spiro atoms. The van der Waals surface area contributed by atoms with Gasteiger partial charge < -0.3 is 20.5 Å². The quantitative estimate of drug-likeness (QED) is 0.524. The second-order valence-electron chi connectivity index (χ2n) is 8.34. The molecule has 0 aliphatic carbocycles. The van der Waals surface area contributed by atoms with E-state index in [1.54, 1.807) is 26.1 Å². The van der Waals surface area contributed by atoms with E-state index in [0.717, 1.165) is 11.0 Å². The molecule has 1 heterocycles. The van der Waals surface area contributed by atoms with Gasteiger partial charge in [-0.15, -0.1) is 0 Å². The Labute approximate surface area is 198 Å². The zero-order valence-electron chi connectivity index (χ0n) is 19.4. The maximum Gasteiger partial charge on any atom is 0.471 e. The van der Waals surface area contributed by atoms with Crippen LogP contribution >= 0.6 is 0 Å². The van der Waals surface area contributed by atoms with Gasteiger partial charge in [-0.1, -0.05) is 0 Å². The second-order valence-corrected chi connectivity index (χ2v) is 8.34. The molecule has 0 radical (unpaired) electrons. The van der Waals surface area contributed by atoms with Crippen LogP contribution in [0.5, 0.6) is 5.88 Å². The first-order chi connectivity index (χ1) is 16.1. The van der Waals surface area contributed by atoms with Crippen LogP contribution in [0.4, 0.5) is 43.9 Å². The van der Waals surface area contributed by atoms with Gasteiger partial charge in [-0.05, 0) is 51.8 Å². The zero-order valence-corrected chi connectivity index (χ0v) is 19.4.